The van der Waals surface area contributed by atoms with Crippen molar-refractivity contribution in [3.05, 3.63) is 35.9 Å². The molecule has 1 saturated heterocycles. The second kappa shape index (κ2) is 8.51. The molecule has 0 atom stereocenters. The summed E-state index contributed by atoms with van der Waals surface area (Å²) >= 11 is 0. The van der Waals surface area contributed by atoms with Gasteiger partial charge in [0.2, 0.25) is 11.8 Å². The van der Waals surface area contributed by atoms with E-state index in [4.69, 9.17) is 5.84 Å². The minimum absolute atomic E-state index is 0.129. The van der Waals surface area contributed by atoms with Gasteiger partial charge in [0.25, 0.3) is 0 Å². The molecule has 6 nitrogen and oxygen atoms in total. The van der Waals surface area contributed by atoms with Crippen molar-refractivity contribution in [3.8, 4) is 0 Å². The van der Waals surface area contributed by atoms with Gasteiger partial charge in [0, 0.05) is 45.6 Å². The van der Waals surface area contributed by atoms with Gasteiger partial charge in [-0.2, -0.15) is 0 Å². The molecule has 2 amide bonds. The minimum Gasteiger partial charge on any atom is -0.340 e. The van der Waals surface area contributed by atoms with E-state index in [1.54, 1.807) is 0 Å². The lowest BCUT2D eigenvalue weighted by Gasteiger charge is -2.34. The Balaban J connectivity index is 1.68. The molecule has 1 aromatic carbocycles. The topological polar surface area (TPSA) is 78.7 Å². The van der Waals surface area contributed by atoms with Crippen molar-refractivity contribution in [2.75, 3.05) is 26.2 Å². The minimum atomic E-state index is -0.222. The van der Waals surface area contributed by atoms with Crippen LogP contribution in [0.1, 0.15) is 24.8 Å². The van der Waals surface area contributed by atoms with Gasteiger partial charge in [0.1, 0.15) is 0 Å². The Labute approximate surface area is 131 Å². The van der Waals surface area contributed by atoms with Crippen LogP contribution in [0.5, 0.6) is 0 Å². The summed E-state index contributed by atoms with van der Waals surface area (Å²) in [5.74, 6) is 4.92. The maximum atomic E-state index is 12.1. The summed E-state index contributed by atoms with van der Waals surface area (Å²) in [6.45, 7) is 4.23. The molecule has 1 aromatic rings. The van der Waals surface area contributed by atoms with Crippen LogP contribution < -0.4 is 11.3 Å². The molecule has 22 heavy (non-hydrogen) atoms. The number of carbonyl (C=O) groups excluding carboxylic acids is 2. The molecule has 0 unspecified atom stereocenters. The molecule has 3 N–H and O–H groups in total. The number of piperazine rings is 1. The van der Waals surface area contributed by atoms with Crippen molar-refractivity contribution >= 4 is 11.8 Å². The van der Waals surface area contributed by atoms with Gasteiger partial charge < -0.3 is 4.90 Å². The molecule has 0 aromatic heterocycles. The molecule has 6 heteroatoms. The third-order valence-corrected chi connectivity index (χ3v) is 3.93. The molecule has 1 heterocycles. The fourth-order valence-electron chi connectivity index (χ4n) is 2.63. The van der Waals surface area contributed by atoms with Crippen molar-refractivity contribution < 1.29 is 9.59 Å². The van der Waals surface area contributed by atoms with Gasteiger partial charge in [-0.15, -0.1) is 0 Å². The van der Waals surface area contributed by atoms with E-state index in [1.807, 2.05) is 23.1 Å². The molecule has 0 saturated carbocycles. The van der Waals surface area contributed by atoms with Crippen LogP contribution >= 0.6 is 0 Å². The number of benzene rings is 1. The number of carbonyl (C=O) groups is 2. The number of hydrogen-bond acceptors (Lipinski definition) is 4. The molecular weight excluding hydrogens is 280 g/mol. The van der Waals surface area contributed by atoms with Crippen LogP contribution in [0.3, 0.4) is 0 Å². The predicted molar refractivity (Wildman–Crippen MR) is 84.5 cm³/mol. The van der Waals surface area contributed by atoms with Gasteiger partial charge in [0.15, 0.2) is 0 Å². The van der Waals surface area contributed by atoms with Crippen molar-refractivity contribution in [2.24, 2.45) is 5.84 Å². The lowest BCUT2D eigenvalue weighted by molar-refractivity contribution is -0.133. The third-order valence-electron chi connectivity index (χ3n) is 3.93. The smallest absolute Gasteiger partial charge is 0.233 e. The first-order valence-electron chi connectivity index (χ1n) is 7.72. The van der Waals surface area contributed by atoms with E-state index in [0.29, 0.717) is 19.3 Å². The van der Waals surface area contributed by atoms with Crippen LogP contribution in [0.2, 0.25) is 0 Å². The zero-order valence-corrected chi connectivity index (χ0v) is 12.8. The second-order valence-corrected chi connectivity index (χ2v) is 5.56. The van der Waals surface area contributed by atoms with Gasteiger partial charge in [0.05, 0.1) is 0 Å². The van der Waals surface area contributed by atoms with E-state index in [1.165, 1.54) is 5.56 Å². The summed E-state index contributed by atoms with van der Waals surface area (Å²) in [4.78, 5) is 27.3. The number of amides is 2. The molecule has 0 radical (unpaired) electrons. The molecule has 2 rings (SSSR count). The van der Waals surface area contributed by atoms with Crippen molar-refractivity contribution in [1.82, 2.24) is 15.2 Å². The Morgan fingerprint density at radius 1 is 1.05 bits per heavy atom. The SMILES string of the molecule is NNC(=O)CCCC(=O)N1CCN(Cc2ccccc2)CC1. The maximum Gasteiger partial charge on any atom is 0.233 e. The Morgan fingerprint density at radius 2 is 1.73 bits per heavy atom. The maximum absolute atomic E-state index is 12.1. The first kappa shape index (κ1) is 16.5. The van der Waals surface area contributed by atoms with Crippen LogP contribution in [-0.4, -0.2) is 47.8 Å². The largest absolute Gasteiger partial charge is 0.340 e. The standard InChI is InChI=1S/C16H24N4O2/c17-18-15(21)7-4-8-16(22)20-11-9-19(10-12-20)13-14-5-2-1-3-6-14/h1-3,5-6H,4,7-13,17H2,(H,18,21). The summed E-state index contributed by atoms with van der Waals surface area (Å²) in [6.07, 6.45) is 1.26. The predicted octanol–water partition coefficient (Wildman–Crippen LogP) is 0.491. The van der Waals surface area contributed by atoms with Crippen LogP contribution in [0, 0.1) is 0 Å². The molecule has 0 bridgehead atoms. The highest BCUT2D eigenvalue weighted by Crippen LogP contribution is 2.10. The number of nitrogens with zero attached hydrogens (tertiary/aromatic N) is 2. The van der Waals surface area contributed by atoms with E-state index >= 15 is 0 Å². The van der Waals surface area contributed by atoms with E-state index in [-0.39, 0.29) is 11.8 Å². The fraction of sp³-hybridized carbons (Fsp3) is 0.500. The Morgan fingerprint density at radius 3 is 2.36 bits per heavy atom. The second-order valence-electron chi connectivity index (χ2n) is 5.56. The van der Waals surface area contributed by atoms with Crippen LogP contribution in [0.25, 0.3) is 0 Å². The van der Waals surface area contributed by atoms with Crippen molar-refractivity contribution in [1.29, 1.82) is 0 Å². The van der Waals surface area contributed by atoms with Gasteiger partial charge in [-0.3, -0.25) is 19.9 Å². The van der Waals surface area contributed by atoms with Crippen LogP contribution in [0.15, 0.2) is 30.3 Å². The Kier molecular flexibility index (Phi) is 6.36. The highest BCUT2D eigenvalue weighted by atomic mass is 16.2. The summed E-state index contributed by atoms with van der Waals surface area (Å²) in [7, 11) is 0. The fourth-order valence-corrected chi connectivity index (χ4v) is 2.63. The normalized spacial score (nSPS) is 15.6. The zero-order chi connectivity index (χ0) is 15.8. The van der Waals surface area contributed by atoms with Gasteiger partial charge in [-0.05, 0) is 12.0 Å². The summed E-state index contributed by atoms with van der Waals surface area (Å²) in [6, 6.07) is 10.4. The first-order valence-corrected chi connectivity index (χ1v) is 7.72. The van der Waals surface area contributed by atoms with Crippen molar-refractivity contribution in [2.45, 2.75) is 25.8 Å². The summed E-state index contributed by atoms with van der Waals surface area (Å²) in [5, 5.41) is 0. The molecule has 1 aliphatic rings. The summed E-state index contributed by atoms with van der Waals surface area (Å²) in [5.41, 5.74) is 3.38. The van der Waals surface area contributed by atoms with Crippen LogP contribution in [0.4, 0.5) is 0 Å². The number of hydrogen-bond donors (Lipinski definition) is 2. The molecule has 1 fully saturated rings. The molecule has 120 valence electrons. The molecule has 0 aliphatic carbocycles. The zero-order valence-electron chi connectivity index (χ0n) is 12.8. The lowest BCUT2D eigenvalue weighted by atomic mass is 10.1. The number of nitrogens with two attached hydrogens (primary N) is 1. The first-order chi connectivity index (χ1) is 10.7. The average molecular weight is 304 g/mol. The third kappa shape index (κ3) is 5.13. The quantitative estimate of drug-likeness (QED) is 0.455. The average Bonchev–Trinajstić information content (AvgIpc) is 2.56. The van der Waals surface area contributed by atoms with E-state index in [0.717, 1.165) is 32.7 Å². The molecule has 0 spiro atoms. The van der Waals surface area contributed by atoms with Gasteiger partial charge in [-0.25, -0.2) is 5.84 Å². The van der Waals surface area contributed by atoms with E-state index in [9.17, 15) is 9.59 Å². The highest BCUT2D eigenvalue weighted by Gasteiger charge is 2.20. The number of hydrazine groups is 1. The van der Waals surface area contributed by atoms with E-state index in [2.05, 4.69) is 22.5 Å². The van der Waals surface area contributed by atoms with Gasteiger partial charge in [-0.1, -0.05) is 30.3 Å². The number of rotatable bonds is 6. The van der Waals surface area contributed by atoms with Crippen LogP contribution in [-0.2, 0) is 16.1 Å². The Bertz CT molecular complexity index is 484. The molecular formula is C16H24N4O2. The monoisotopic (exact) mass is 304 g/mol. The number of nitrogens with one attached hydrogen (secondary N) is 1. The Hall–Kier alpha value is -1.92. The van der Waals surface area contributed by atoms with Crippen molar-refractivity contribution in [3.63, 3.8) is 0 Å². The summed E-state index contributed by atoms with van der Waals surface area (Å²) < 4.78 is 0. The molecule has 1 aliphatic heterocycles. The van der Waals surface area contributed by atoms with Gasteiger partial charge >= 0.3 is 0 Å². The lowest BCUT2D eigenvalue weighted by Crippen LogP contribution is -2.48. The highest BCUT2D eigenvalue weighted by molar-refractivity contribution is 5.78. The van der Waals surface area contributed by atoms with E-state index < -0.39 is 0 Å².